The second-order valence-corrected chi connectivity index (χ2v) is 5.21. The number of hydrogen-bond acceptors (Lipinski definition) is 4. The second-order valence-electron chi connectivity index (χ2n) is 5.21. The number of urea groups is 1. The van der Waals surface area contributed by atoms with Crippen LogP contribution in [0.1, 0.15) is 11.1 Å². The molecule has 0 fully saturated rings. The molecule has 0 radical (unpaired) electrons. The Bertz CT molecular complexity index is 699. The normalized spacial score (nSPS) is 10.2. The van der Waals surface area contributed by atoms with E-state index in [2.05, 4.69) is 10.3 Å². The molecule has 0 bridgehead atoms. The molecule has 0 spiro atoms. The number of pyridine rings is 1. The number of rotatable bonds is 3. The highest BCUT2D eigenvalue weighted by Gasteiger charge is 2.09. The van der Waals surface area contributed by atoms with Crippen LogP contribution in [-0.4, -0.2) is 30.0 Å². The van der Waals surface area contributed by atoms with E-state index in [0.717, 1.165) is 22.6 Å². The molecule has 6 heteroatoms. The molecule has 22 heavy (non-hydrogen) atoms. The summed E-state index contributed by atoms with van der Waals surface area (Å²) in [7, 11) is 3.33. The van der Waals surface area contributed by atoms with Crippen LogP contribution in [0.5, 0.6) is 11.5 Å². The molecule has 2 amide bonds. The SMILES string of the molecule is Cc1c(N)ccc(Oc2ccnc(NC(=O)N(C)C)c2)c1C. The van der Waals surface area contributed by atoms with Crippen LogP contribution in [0.3, 0.4) is 0 Å². The molecule has 0 saturated heterocycles. The minimum absolute atomic E-state index is 0.246. The molecule has 0 saturated carbocycles. The maximum atomic E-state index is 11.6. The lowest BCUT2D eigenvalue weighted by Gasteiger charge is -2.14. The van der Waals surface area contributed by atoms with Crippen molar-refractivity contribution in [2.45, 2.75) is 13.8 Å². The first kappa shape index (κ1) is 15.6. The predicted molar refractivity (Wildman–Crippen MR) is 87.3 cm³/mol. The van der Waals surface area contributed by atoms with Crippen LogP contribution in [0.25, 0.3) is 0 Å². The average molecular weight is 300 g/mol. The molecule has 3 N–H and O–H groups in total. The predicted octanol–water partition coefficient (Wildman–Crippen LogP) is 3.17. The summed E-state index contributed by atoms with van der Waals surface area (Å²) in [5.41, 5.74) is 8.58. The number of carbonyl (C=O) groups is 1. The zero-order valence-electron chi connectivity index (χ0n) is 13.2. The van der Waals surface area contributed by atoms with E-state index in [1.54, 1.807) is 32.4 Å². The summed E-state index contributed by atoms with van der Waals surface area (Å²) >= 11 is 0. The first-order chi connectivity index (χ1) is 10.4. The summed E-state index contributed by atoms with van der Waals surface area (Å²) in [6, 6.07) is 6.80. The third-order valence-electron chi connectivity index (χ3n) is 3.38. The first-order valence-electron chi connectivity index (χ1n) is 6.86. The molecule has 6 nitrogen and oxygen atoms in total. The fourth-order valence-electron chi connectivity index (χ4n) is 1.82. The van der Waals surface area contributed by atoms with Crippen molar-refractivity contribution in [2.75, 3.05) is 25.1 Å². The summed E-state index contributed by atoms with van der Waals surface area (Å²) in [5, 5.41) is 2.68. The van der Waals surface area contributed by atoms with E-state index in [1.807, 2.05) is 26.0 Å². The minimum atomic E-state index is -0.246. The average Bonchev–Trinajstić information content (AvgIpc) is 2.48. The van der Waals surface area contributed by atoms with Gasteiger partial charge in [0, 0.05) is 32.0 Å². The zero-order valence-corrected chi connectivity index (χ0v) is 13.2. The van der Waals surface area contributed by atoms with Crippen molar-refractivity contribution in [3.05, 3.63) is 41.6 Å². The number of nitrogen functional groups attached to an aromatic ring is 1. The van der Waals surface area contributed by atoms with Gasteiger partial charge in [-0.15, -0.1) is 0 Å². The molecule has 0 aliphatic carbocycles. The first-order valence-corrected chi connectivity index (χ1v) is 6.86. The van der Waals surface area contributed by atoms with Gasteiger partial charge in [0.15, 0.2) is 0 Å². The molecule has 0 aliphatic rings. The maximum absolute atomic E-state index is 11.6. The van der Waals surface area contributed by atoms with E-state index >= 15 is 0 Å². The molecule has 0 aliphatic heterocycles. The Hall–Kier alpha value is -2.76. The molecule has 2 rings (SSSR count). The Morgan fingerprint density at radius 1 is 1.23 bits per heavy atom. The number of nitrogens with one attached hydrogen (secondary N) is 1. The van der Waals surface area contributed by atoms with Gasteiger partial charge in [0.25, 0.3) is 0 Å². The van der Waals surface area contributed by atoms with E-state index in [0.29, 0.717) is 11.6 Å². The van der Waals surface area contributed by atoms with Gasteiger partial charge in [-0.2, -0.15) is 0 Å². The van der Waals surface area contributed by atoms with E-state index in [1.165, 1.54) is 4.90 Å². The number of nitrogens with two attached hydrogens (primary N) is 1. The molecule has 2 aromatic rings. The van der Waals surface area contributed by atoms with E-state index in [-0.39, 0.29) is 6.03 Å². The van der Waals surface area contributed by atoms with Gasteiger partial charge in [-0.3, -0.25) is 5.32 Å². The summed E-state index contributed by atoms with van der Waals surface area (Å²) in [5.74, 6) is 1.75. The van der Waals surface area contributed by atoms with E-state index in [9.17, 15) is 4.79 Å². The molecule has 116 valence electrons. The Kier molecular flexibility index (Phi) is 4.50. The zero-order chi connectivity index (χ0) is 16.3. The van der Waals surface area contributed by atoms with Gasteiger partial charge in [-0.05, 0) is 43.2 Å². The third kappa shape index (κ3) is 3.46. The third-order valence-corrected chi connectivity index (χ3v) is 3.38. The number of hydrogen-bond donors (Lipinski definition) is 2. The van der Waals surface area contributed by atoms with Crippen LogP contribution in [0, 0.1) is 13.8 Å². The summed E-state index contributed by atoms with van der Waals surface area (Å²) in [4.78, 5) is 17.2. The number of ether oxygens (including phenoxy) is 1. The van der Waals surface area contributed by atoms with Gasteiger partial charge in [0.05, 0.1) is 0 Å². The Labute approximate surface area is 129 Å². The highest BCUT2D eigenvalue weighted by atomic mass is 16.5. The molecule has 0 unspecified atom stereocenters. The molecule has 1 aromatic carbocycles. The van der Waals surface area contributed by atoms with Gasteiger partial charge in [-0.25, -0.2) is 9.78 Å². The van der Waals surface area contributed by atoms with Crippen molar-refractivity contribution in [1.29, 1.82) is 0 Å². The lowest BCUT2D eigenvalue weighted by Crippen LogP contribution is -2.27. The monoisotopic (exact) mass is 300 g/mol. The van der Waals surface area contributed by atoms with Crippen LogP contribution in [-0.2, 0) is 0 Å². The molecule has 1 aromatic heterocycles. The number of nitrogens with zero attached hydrogens (tertiary/aromatic N) is 2. The number of benzene rings is 1. The van der Waals surface area contributed by atoms with Crippen molar-refractivity contribution in [2.24, 2.45) is 0 Å². The Morgan fingerprint density at radius 2 is 1.95 bits per heavy atom. The van der Waals surface area contributed by atoms with Crippen molar-refractivity contribution < 1.29 is 9.53 Å². The number of aromatic nitrogens is 1. The Balaban J connectivity index is 2.21. The molecular weight excluding hydrogens is 280 g/mol. The lowest BCUT2D eigenvalue weighted by molar-refractivity contribution is 0.230. The highest BCUT2D eigenvalue weighted by molar-refractivity contribution is 5.88. The van der Waals surface area contributed by atoms with Crippen LogP contribution >= 0.6 is 0 Å². The molecular formula is C16H20N4O2. The summed E-state index contributed by atoms with van der Waals surface area (Å²) < 4.78 is 5.87. The quantitative estimate of drug-likeness (QED) is 0.853. The van der Waals surface area contributed by atoms with Gasteiger partial charge >= 0.3 is 6.03 Å². The van der Waals surface area contributed by atoms with Crippen molar-refractivity contribution in [1.82, 2.24) is 9.88 Å². The lowest BCUT2D eigenvalue weighted by atomic mass is 10.1. The molecule has 0 atom stereocenters. The van der Waals surface area contributed by atoms with Crippen LogP contribution < -0.4 is 15.8 Å². The highest BCUT2D eigenvalue weighted by Crippen LogP contribution is 2.30. The fourth-order valence-corrected chi connectivity index (χ4v) is 1.82. The number of anilines is 2. The standard InChI is InChI=1S/C16H20N4O2/c1-10-11(2)14(6-5-13(10)17)22-12-7-8-18-15(9-12)19-16(21)20(3)4/h5-9H,17H2,1-4H3,(H,18,19,21). The minimum Gasteiger partial charge on any atom is -0.457 e. The fraction of sp³-hybridized carbons (Fsp3) is 0.250. The van der Waals surface area contributed by atoms with Crippen LogP contribution in [0.2, 0.25) is 0 Å². The smallest absolute Gasteiger partial charge is 0.322 e. The topological polar surface area (TPSA) is 80.5 Å². The van der Waals surface area contributed by atoms with Crippen molar-refractivity contribution in [3.63, 3.8) is 0 Å². The van der Waals surface area contributed by atoms with Crippen LogP contribution in [0.15, 0.2) is 30.5 Å². The largest absolute Gasteiger partial charge is 0.457 e. The van der Waals surface area contributed by atoms with Crippen molar-refractivity contribution in [3.8, 4) is 11.5 Å². The second kappa shape index (κ2) is 6.34. The van der Waals surface area contributed by atoms with Gasteiger partial charge in [0.1, 0.15) is 17.3 Å². The number of amides is 2. The van der Waals surface area contributed by atoms with Gasteiger partial charge in [0.2, 0.25) is 0 Å². The van der Waals surface area contributed by atoms with E-state index in [4.69, 9.17) is 10.5 Å². The number of carbonyl (C=O) groups excluding carboxylic acids is 1. The maximum Gasteiger partial charge on any atom is 0.322 e. The van der Waals surface area contributed by atoms with Crippen molar-refractivity contribution >= 4 is 17.5 Å². The van der Waals surface area contributed by atoms with Gasteiger partial charge < -0.3 is 15.4 Å². The van der Waals surface area contributed by atoms with Gasteiger partial charge in [-0.1, -0.05) is 0 Å². The summed E-state index contributed by atoms with van der Waals surface area (Å²) in [6.45, 7) is 3.91. The Morgan fingerprint density at radius 3 is 2.64 bits per heavy atom. The summed E-state index contributed by atoms with van der Waals surface area (Å²) in [6.07, 6.45) is 1.58. The van der Waals surface area contributed by atoms with Crippen LogP contribution in [0.4, 0.5) is 16.3 Å². The van der Waals surface area contributed by atoms with E-state index < -0.39 is 0 Å². The molecule has 1 heterocycles.